The summed E-state index contributed by atoms with van der Waals surface area (Å²) in [5.74, 6) is 0.299. The fourth-order valence-electron chi connectivity index (χ4n) is 2.48. The molecule has 0 saturated carbocycles. The van der Waals surface area contributed by atoms with Gasteiger partial charge in [-0.3, -0.25) is 4.31 Å². The van der Waals surface area contributed by atoms with E-state index in [0.29, 0.717) is 12.5 Å². The molecule has 1 aliphatic rings. The molecule has 0 spiro atoms. The molecule has 0 amide bonds. The molecule has 1 aromatic heterocycles. The van der Waals surface area contributed by atoms with Crippen LogP contribution in [0.3, 0.4) is 0 Å². The second-order valence-corrected chi connectivity index (χ2v) is 6.72. The van der Waals surface area contributed by atoms with Gasteiger partial charge in [0, 0.05) is 6.54 Å². The van der Waals surface area contributed by atoms with Crippen LogP contribution in [0.15, 0.2) is 41.8 Å². The van der Waals surface area contributed by atoms with Crippen molar-refractivity contribution in [1.82, 2.24) is 9.97 Å². The molecule has 1 atom stereocenters. The van der Waals surface area contributed by atoms with Crippen LogP contribution in [0, 0.1) is 5.92 Å². The van der Waals surface area contributed by atoms with Gasteiger partial charge in [-0.1, -0.05) is 25.1 Å². The van der Waals surface area contributed by atoms with Gasteiger partial charge >= 0.3 is 0 Å². The summed E-state index contributed by atoms with van der Waals surface area (Å²) in [7, 11) is -3.55. The van der Waals surface area contributed by atoms with Crippen LogP contribution in [0.2, 0.25) is 0 Å². The standard InChI is InChI=1S/C13H15N3O2S/c1-10-6-11-4-2-3-5-12(11)16(8-10)19(17,18)13-7-14-9-15-13/h2-5,7,9-10H,6,8H2,1H3,(H,14,15). The molecule has 0 fully saturated rings. The van der Waals surface area contributed by atoms with Crippen LogP contribution in [0.4, 0.5) is 5.69 Å². The highest BCUT2D eigenvalue weighted by molar-refractivity contribution is 7.92. The first kappa shape index (κ1) is 12.2. The largest absolute Gasteiger partial charge is 0.334 e. The Hall–Kier alpha value is -1.82. The lowest BCUT2D eigenvalue weighted by molar-refractivity contribution is 0.543. The van der Waals surface area contributed by atoms with Crippen LogP contribution in [-0.4, -0.2) is 24.9 Å². The Kier molecular flexibility index (Phi) is 2.82. The first-order valence-electron chi connectivity index (χ1n) is 6.18. The van der Waals surface area contributed by atoms with Crippen molar-refractivity contribution in [1.29, 1.82) is 0 Å². The number of hydrogen-bond acceptors (Lipinski definition) is 3. The number of imidazole rings is 1. The number of sulfonamides is 1. The molecule has 6 heteroatoms. The number of aromatic nitrogens is 2. The average Bonchev–Trinajstić information content (AvgIpc) is 2.92. The SMILES string of the molecule is CC1Cc2ccccc2N(S(=O)(=O)c2cnc[nH]2)C1. The van der Waals surface area contributed by atoms with E-state index in [-0.39, 0.29) is 5.03 Å². The molecule has 3 rings (SSSR count). The van der Waals surface area contributed by atoms with Crippen LogP contribution >= 0.6 is 0 Å². The second-order valence-electron chi connectivity index (χ2n) is 4.89. The van der Waals surface area contributed by atoms with E-state index in [2.05, 4.69) is 16.9 Å². The van der Waals surface area contributed by atoms with Crippen molar-refractivity contribution in [2.45, 2.75) is 18.4 Å². The van der Waals surface area contributed by atoms with E-state index in [1.54, 1.807) is 0 Å². The topological polar surface area (TPSA) is 66.1 Å². The highest BCUT2D eigenvalue weighted by atomic mass is 32.2. The smallest absolute Gasteiger partial charge is 0.281 e. The average molecular weight is 277 g/mol. The van der Waals surface area contributed by atoms with Crippen molar-refractivity contribution in [3.63, 3.8) is 0 Å². The Morgan fingerprint density at radius 3 is 2.89 bits per heavy atom. The predicted molar refractivity (Wildman–Crippen MR) is 72.4 cm³/mol. The Labute approximate surface area is 112 Å². The molecule has 5 nitrogen and oxygen atoms in total. The number of aromatic amines is 1. The molecule has 1 aromatic carbocycles. The van der Waals surface area contributed by atoms with Gasteiger partial charge in [-0.25, -0.2) is 4.98 Å². The summed E-state index contributed by atoms with van der Waals surface area (Å²) >= 11 is 0. The van der Waals surface area contributed by atoms with Gasteiger partial charge in [0.25, 0.3) is 10.0 Å². The van der Waals surface area contributed by atoms with Gasteiger partial charge in [-0.15, -0.1) is 0 Å². The molecule has 0 saturated heterocycles. The van der Waals surface area contributed by atoms with Crippen molar-refractivity contribution in [3.05, 3.63) is 42.4 Å². The second kappa shape index (κ2) is 4.38. The molecule has 2 aromatic rings. The molecule has 1 aliphatic heterocycles. The van der Waals surface area contributed by atoms with E-state index < -0.39 is 10.0 Å². The molecule has 1 unspecified atom stereocenters. The maximum Gasteiger partial charge on any atom is 0.281 e. The van der Waals surface area contributed by atoms with Gasteiger partial charge in [0.2, 0.25) is 0 Å². The van der Waals surface area contributed by atoms with Crippen LogP contribution in [-0.2, 0) is 16.4 Å². The summed E-state index contributed by atoms with van der Waals surface area (Å²) in [5.41, 5.74) is 1.85. The number of nitrogens with zero attached hydrogens (tertiary/aromatic N) is 2. The normalized spacial score (nSPS) is 19.2. The summed E-state index contributed by atoms with van der Waals surface area (Å²) in [4.78, 5) is 6.48. The van der Waals surface area contributed by atoms with Crippen molar-refractivity contribution in [3.8, 4) is 0 Å². The van der Waals surface area contributed by atoms with Gasteiger partial charge in [-0.05, 0) is 24.0 Å². The van der Waals surface area contributed by atoms with Crippen molar-refractivity contribution in [2.75, 3.05) is 10.8 Å². The molecular weight excluding hydrogens is 262 g/mol. The van der Waals surface area contributed by atoms with Crippen LogP contribution < -0.4 is 4.31 Å². The number of para-hydroxylation sites is 1. The van der Waals surface area contributed by atoms with E-state index in [1.807, 2.05) is 24.3 Å². The minimum absolute atomic E-state index is 0.136. The number of anilines is 1. The third kappa shape index (κ3) is 2.02. The van der Waals surface area contributed by atoms with Crippen molar-refractivity contribution >= 4 is 15.7 Å². The van der Waals surface area contributed by atoms with Crippen LogP contribution in [0.25, 0.3) is 0 Å². The molecule has 2 heterocycles. The van der Waals surface area contributed by atoms with E-state index in [9.17, 15) is 8.42 Å². The van der Waals surface area contributed by atoms with Gasteiger partial charge in [0.1, 0.15) is 0 Å². The molecule has 19 heavy (non-hydrogen) atoms. The molecule has 1 N–H and O–H groups in total. The third-order valence-electron chi connectivity index (χ3n) is 3.35. The Balaban J connectivity index is 2.11. The highest BCUT2D eigenvalue weighted by Crippen LogP contribution is 2.33. The maximum atomic E-state index is 12.6. The summed E-state index contributed by atoms with van der Waals surface area (Å²) < 4.78 is 26.7. The fraction of sp³-hybridized carbons (Fsp3) is 0.308. The Morgan fingerprint density at radius 1 is 1.37 bits per heavy atom. The monoisotopic (exact) mass is 277 g/mol. The van der Waals surface area contributed by atoms with Crippen LogP contribution in [0.1, 0.15) is 12.5 Å². The van der Waals surface area contributed by atoms with Crippen molar-refractivity contribution in [2.24, 2.45) is 5.92 Å². The van der Waals surface area contributed by atoms with Gasteiger partial charge in [0.15, 0.2) is 5.03 Å². The maximum absolute atomic E-state index is 12.6. The summed E-state index contributed by atoms with van der Waals surface area (Å²) in [6.07, 6.45) is 3.63. The lowest BCUT2D eigenvalue weighted by atomic mass is 9.96. The lowest BCUT2D eigenvalue weighted by Gasteiger charge is -2.33. The molecule has 100 valence electrons. The number of hydrogen-bond donors (Lipinski definition) is 1. The lowest BCUT2D eigenvalue weighted by Crippen LogP contribution is -2.39. The zero-order valence-electron chi connectivity index (χ0n) is 10.6. The minimum atomic E-state index is -3.55. The van der Waals surface area contributed by atoms with Gasteiger partial charge in [-0.2, -0.15) is 8.42 Å². The zero-order chi connectivity index (χ0) is 13.5. The summed E-state index contributed by atoms with van der Waals surface area (Å²) in [6.45, 7) is 2.56. The fourth-order valence-corrected chi connectivity index (χ4v) is 4.00. The molecular formula is C13H15N3O2S. The number of fused-ring (bicyclic) bond motifs is 1. The van der Waals surface area contributed by atoms with E-state index in [4.69, 9.17) is 0 Å². The van der Waals surface area contributed by atoms with E-state index in [1.165, 1.54) is 16.8 Å². The number of benzene rings is 1. The Morgan fingerprint density at radius 2 is 2.16 bits per heavy atom. The van der Waals surface area contributed by atoms with Gasteiger partial charge in [0.05, 0.1) is 18.2 Å². The quantitative estimate of drug-likeness (QED) is 0.910. The summed E-state index contributed by atoms with van der Waals surface area (Å²) in [6, 6.07) is 7.65. The molecule has 0 bridgehead atoms. The first-order valence-corrected chi connectivity index (χ1v) is 7.62. The third-order valence-corrected chi connectivity index (χ3v) is 5.05. The highest BCUT2D eigenvalue weighted by Gasteiger charge is 2.32. The van der Waals surface area contributed by atoms with Gasteiger partial charge < -0.3 is 4.98 Å². The predicted octanol–water partition coefficient (Wildman–Crippen LogP) is 1.80. The molecule has 0 radical (unpaired) electrons. The zero-order valence-corrected chi connectivity index (χ0v) is 11.4. The number of nitrogens with one attached hydrogen (secondary N) is 1. The Bertz CT molecular complexity index is 680. The summed E-state index contributed by atoms with van der Waals surface area (Å²) in [5, 5.41) is 0.136. The first-order chi connectivity index (χ1) is 9.09. The number of H-pyrrole nitrogens is 1. The molecule has 0 aliphatic carbocycles. The van der Waals surface area contributed by atoms with E-state index in [0.717, 1.165) is 17.7 Å². The van der Waals surface area contributed by atoms with E-state index >= 15 is 0 Å². The van der Waals surface area contributed by atoms with Crippen LogP contribution in [0.5, 0.6) is 0 Å². The minimum Gasteiger partial charge on any atom is -0.334 e. The number of rotatable bonds is 2. The van der Waals surface area contributed by atoms with Crippen molar-refractivity contribution < 1.29 is 8.42 Å².